The van der Waals surface area contributed by atoms with Crippen molar-refractivity contribution in [2.24, 2.45) is 0 Å². The summed E-state index contributed by atoms with van der Waals surface area (Å²) in [6, 6.07) is 0. The van der Waals surface area contributed by atoms with Crippen molar-refractivity contribution in [1.29, 1.82) is 0 Å². The molecule has 0 aromatic carbocycles. The quantitative estimate of drug-likeness (QED) is 0.351. The van der Waals surface area contributed by atoms with Crippen LogP contribution in [-0.2, 0) is 0 Å². The molecule has 0 spiro atoms. The minimum absolute atomic E-state index is 0. The molecule has 0 aromatic heterocycles. The van der Waals surface area contributed by atoms with Crippen LogP contribution >= 0.6 is 0 Å². The summed E-state index contributed by atoms with van der Waals surface area (Å²) in [5.41, 5.74) is 0. The third-order valence-corrected chi connectivity index (χ3v) is 0. The molecular formula is C3H9FGe. The number of hydrogen-bond donors (Lipinski definition) is 0. The first-order valence-corrected chi connectivity index (χ1v) is 7.79. The maximum Gasteiger partial charge on any atom is -1.00 e. The predicted molar refractivity (Wildman–Crippen MR) is 23.3 cm³/mol. The van der Waals surface area contributed by atoms with Crippen LogP contribution in [0, 0.1) is 0 Å². The Hall–Kier alpha value is 0.473. The Labute approximate surface area is 37.0 Å². The minimum Gasteiger partial charge on any atom is -1.00 e. The summed E-state index contributed by atoms with van der Waals surface area (Å²) in [5, 5.41) is 0. The number of halogens is 1. The van der Waals surface area contributed by atoms with Crippen molar-refractivity contribution in [2.75, 3.05) is 0 Å². The van der Waals surface area contributed by atoms with E-state index in [4.69, 9.17) is 0 Å². The summed E-state index contributed by atoms with van der Waals surface area (Å²) in [5.74, 6) is 7.00. The second kappa shape index (κ2) is 4.47. The van der Waals surface area contributed by atoms with Crippen molar-refractivity contribution in [3.8, 4) is 0 Å². The normalized spacial score (nSPS) is 5.40. The third-order valence-electron chi connectivity index (χ3n) is 0. The molecule has 0 nitrogen and oxygen atoms in total. The van der Waals surface area contributed by atoms with Gasteiger partial charge in [0.15, 0.2) is 0 Å². The summed E-state index contributed by atoms with van der Waals surface area (Å²) in [6.07, 6.45) is 0. The fraction of sp³-hybridized carbons (Fsp3) is 1.00. The molecule has 0 unspecified atom stereocenters. The molecule has 0 heterocycles. The predicted octanol–water partition coefficient (Wildman–Crippen LogP) is -1.63. The molecule has 0 saturated heterocycles. The smallest absolute Gasteiger partial charge is 1.00 e. The fourth-order valence-corrected chi connectivity index (χ4v) is 0. The molecule has 0 fully saturated rings. The zero-order valence-corrected chi connectivity index (χ0v) is 5.98. The van der Waals surface area contributed by atoms with Crippen molar-refractivity contribution in [2.45, 2.75) is 17.3 Å². The van der Waals surface area contributed by atoms with Gasteiger partial charge in [0, 0.05) is 0 Å². The molecular weight excluding hydrogens is 128 g/mol. The molecule has 0 aliphatic heterocycles. The van der Waals surface area contributed by atoms with E-state index in [1.54, 1.807) is 0 Å². The second-order valence-corrected chi connectivity index (χ2v) is 7.79. The van der Waals surface area contributed by atoms with Crippen LogP contribution in [0.5, 0.6) is 0 Å². The monoisotopic (exact) mass is 138 g/mol. The maximum atomic E-state index is 2.33. The third kappa shape index (κ3) is 122. The van der Waals surface area contributed by atoms with E-state index in [0.717, 1.165) is 0 Å². The molecule has 0 aromatic rings. The number of hydrogen-bond acceptors (Lipinski definition) is 0. The first-order chi connectivity index (χ1) is 1.73. The van der Waals surface area contributed by atoms with E-state index in [1.807, 2.05) is 0 Å². The molecule has 0 N–H and O–H groups in total. The van der Waals surface area contributed by atoms with Gasteiger partial charge >= 0.3 is 31.6 Å². The SMILES string of the molecule is [CH3][Ge+]([CH3])[CH3].[F-]. The molecule has 0 rings (SSSR count). The van der Waals surface area contributed by atoms with Gasteiger partial charge in [-0.1, -0.05) is 0 Å². The molecule has 5 heavy (non-hydrogen) atoms. The van der Waals surface area contributed by atoms with E-state index in [1.165, 1.54) is 0 Å². The van der Waals surface area contributed by atoms with Crippen molar-refractivity contribution in [1.82, 2.24) is 0 Å². The number of rotatable bonds is 0. The van der Waals surface area contributed by atoms with Gasteiger partial charge in [0.1, 0.15) is 0 Å². The fourth-order valence-electron chi connectivity index (χ4n) is 0. The first-order valence-electron chi connectivity index (χ1n) is 1.50. The summed E-state index contributed by atoms with van der Waals surface area (Å²) < 4.78 is 0. The minimum atomic E-state index is -0.333. The van der Waals surface area contributed by atoms with Gasteiger partial charge in [-0.15, -0.1) is 0 Å². The van der Waals surface area contributed by atoms with Gasteiger partial charge in [0.05, 0.1) is 0 Å². The molecule has 0 amide bonds. The van der Waals surface area contributed by atoms with E-state index in [-0.39, 0.29) is 19.1 Å². The van der Waals surface area contributed by atoms with Crippen LogP contribution < -0.4 is 4.70 Å². The van der Waals surface area contributed by atoms with Gasteiger partial charge in [0.25, 0.3) is 0 Å². The van der Waals surface area contributed by atoms with Crippen LogP contribution in [0.1, 0.15) is 0 Å². The molecule has 2 heteroatoms. The molecule has 0 bridgehead atoms. The van der Waals surface area contributed by atoms with Gasteiger partial charge < -0.3 is 4.70 Å². The largest absolute Gasteiger partial charge is 1.00 e. The first kappa shape index (κ1) is 9.08. The Bertz CT molecular complexity index is 11.6. The molecule has 0 atom stereocenters. The van der Waals surface area contributed by atoms with Crippen molar-refractivity contribution in [3.63, 3.8) is 0 Å². The second-order valence-electron chi connectivity index (χ2n) is 1.50. The topological polar surface area (TPSA) is 0 Å². The zero-order chi connectivity index (χ0) is 3.58. The van der Waals surface area contributed by atoms with Crippen LogP contribution in [0.25, 0.3) is 0 Å². The molecule has 0 aliphatic rings. The van der Waals surface area contributed by atoms with Crippen LogP contribution in [0.2, 0.25) is 17.3 Å². The van der Waals surface area contributed by atoms with Gasteiger partial charge in [0.2, 0.25) is 0 Å². The van der Waals surface area contributed by atoms with Crippen LogP contribution in [-0.4, -0.2) is 14.3 Å². The zero-order valence-electron chi connectivity index (χ0n) is 3.88. The molecule has 0 aliphatic carbocycles. The maximum absolute atomic E-state index is 2.33. The Morgan fingerprint density at radius 1 is 1.00 bits per heavy atom. The van der Waals surface area contributed by atoms with Crippen LogP contribution in [0.4, 0.5) is 0 Å². The van der Waals surface area contributed by atoms with E-state index in [0.29, 0.717) is 0 Å². The van der Waals surface area contributed by atoms with Crippen molar-refractivity contribution >= 4 is 14.3 Å². The Kier molecular flexibility index (Phi) is 8.12. The van der Waals surface area contributed by atoms with E-state index < -0.39 is 0 Å². The Morgan fingerprint density at radius 2 is 1.00 bits per heavy atom. The summed E-state index contributed by atoms with van der Waals surface area (Å²) in [4.78, 5) is 0. The molecule has 0 radical (unpaired) electrons. The summed E-state index contributed by atoms with van der Waals surface area (Å²) in [6.45, 7) is 0. The molecule has 32 valence electrons. The van der Waals surface area contributed by atoms with Crippen LogP contribution in [0.15, 0.2) is 0 Å². The van der Waals surface area contributed by atoms with Crippen molar-refractivity contribution in [3.05, 3.63) is 0 Å². The summed E-state index contributed by atoms with van der Waals surface area (Å²) >= 11 is -0.333. The molecule has 0 saturated carbocycles. The standard InChI is InChI=1S/C3H9Ge.FH/c1-4(2)3;/h1-3H3;1H/q+1;/p-1. The van der Waals surface area contributed by atoms with E-state index in [2.05, 4.69) is 17.3 Å². The van der Waals surface area contributed by atoms with E-state index >= 15 is 0 Å². The Balaban J connectivity index is 0. The van der Waals surface area contributed by atoms with E-state index in [9.17, 15) is 0 Å². The van der Waals surface area contributed by atoms with Gasteiger partial charge in [-0.3, -0.25) is 0 Å². The average Bonchev–Trinajstić information content (AvgIpc) is 0.811. The van der Waals surface area contributed by atoms with Gasteiger partial charge in [-0.05, 0) is 0 Å². The van der Waals surface area contributed by atoms with Crippen molar-refractivity contribution < 1.29 is 4.70 Å². The Morgan fingerprint density at radius 3 is 1.00 bits per heavy atom. The van der Waals surface area contributed by atoms with Gasteiger partial charge in [-0.25, -0.2) is 0 Å². The summed E-state index contributed by atoms with van der Waals surface area (Å²) in [7, 11) is 0. The van der Waals surface area contributed by atoms with Gasteiger partial charge in [-0.2, -0.15) is 0 Å². The van der Waals surface area contributed by atoms with Crippen LogP contribution in [0.3, 0.4) is 0 Å². The average molecular weight is 137 g/mol.